The van der Waals surface area contributed by atoms with E-state index in [1.807, 2.05) is 31.2 Å². The lowest BCUT2D eigenvalue weighted by Gasteiger charge is -2.31. The van der Waals surface area contributed by atoms with E-state index in [9.17, 15) is 4.79 Å². The Bertz CT molecular complexity index is 792. The number of rotatable bonds is 4. The lowest BCUT2D eigenvalue weighted by molar-refractivity contribution is 0.102. The molecule has 1 N–H and O–H groups in total. The Morgan fingerprint density at radius 1 is 0.926 bits per heavy atom. The molecular formula is C22H27N3O2. The van der Waals surface area contributed by atoms with Crippen LogP contribution in [0.5, 0.6) is 0 Å². The fourth-order valence-corrected chi connectivity index (χ4v) is 3.78. The number of hydrogen-bond acceptors (Lipinski definition) is 4. The Labute approximate surface area is 160 Å². The van der Waals surface area contributed by atoms with Gasteiger partial charge in [-0.25, -0.2) is 0 Å². The summed E-state index contributed by atoms with van der Waals surface area (Å²) in [7, 11) is 0. The molecule has 2 fully saturated rings. The number of benzene rings is 2. The molecule has 0 bridgehead atoms. The molecule has 4 rings (SSSR count). The van der Waals surface area contributed by atoms with Gasteiger partial charge in [0.1, 0.15) is 0 Å². The summed E-state index contributed by atoms with van der Waals surface area (Å²) in [5, 5.41) is 3.16. The van der Waals surface area contributed by atoms with Crippen LogP contribution >= 0.6 is 0 Å². The number of nitrogens with one attached hydrogen (secondary N) is 1. The lowest BCUT2D eigenvalue weighted by Crippen LogP contribution is -2.36. The Morgan fingerprint density at radius 2 is 1.63 bits per heavy atom. The molecule has 0 aliphatic carbocycles. The molecule has 0 saturated carbocycles. The summed E-state index contributed by atoms with van der Waals surface area (Å²) < 4.78 is 5.49. The SMILES string of the molecule is Cc1ccc(C(=O)Nc2cc(N3CCCC3)ccc2N2CCOCC2)cc1. The molecule has 5 nitrogen and oxygen atoms in total. The average molecular weight is 365 g/mol. The maximum absolute atomic E-state index is 12.8. The zero-order chi connectivity index (χ0) is 18.6. The molecule has 1 amide bonds. The summed E-state index contributed by atoms with van der Waals surface area (Å²) >= 11 is 0. The zero-order valence-corrected chi connectivity index (χ0v) is 15.9. The van der Waals surface area contributed by atoms with Crippen molar-refractivity contribution in [1.82, 2.24) is 0 Å². The Hall–Kier alpha value is -2.53. The van der Waals surface area contributed by atoms with E-state index in [0.29, 0.717) is 5.56 Å². The number of morpholine rings is 1. The summed E-state index contributed by atoms with van der Waals surface area (Å²) in [6.45, 7) is 7.33. The van der Waals surface area contributed by atoms with Gasteiger partial charge in [0.2, 0.25) is 0 Å². The third-order valence-electron chi connectivity index (χ3n) is 5.37. The Kier molecular flexibility index (Phi) is 5.30. The predicted molar refractivity (Wildman–Crippen MR) is 110 cm³/mol. The standard InChI is InChI=1S/C22H27N3O2/c1-17-4-6-18(7-5-17)22(26)23-20-16-19(24-10-2-3-11-24)8-9-21(20)25-12-14-27-15-13-25/h4-9,16H,2-3,10-15H2,1H3,(H,23,26). The van der Waals surface area contributed by atoms with Gasteiger partial charge in [-0.3, -0.25) is 4.79 Å². The van der Waals surface area contributed by atoms with E-state index in [2.05, 4.69) is 33.3 Å². The molecule has 2 aliphatic heterocycles. The molecule has 2 aromatic carbocycles. The summed E-state index contributed by atoms with van der Waals surface area (Å²) in [4.78, 5) is 17.5. The molecule has 142 valence electrons. The first-order valence-corrected chi connectivity index (χ1v) is 9.80. The van der Waals surface area contributed by atoms with Gasteiger partial charge in [0.15, 0.2) is 0 Å². The lowest BCUT2D eigenvalue weighted by atomic mass is 10.1. The number of hydrogen-bond donors (Lipinski definition) is 1. The van der Waals surface area contributed by atoms with Gasteiger partial charge in [-0.05, 0) is 50.1 Å². The van der Waals surface area contributed by atoms with E-state index in [1.54, 1.807) is 0 Å². The van der Waals surface area contributed by atoms with Gasteiger partial charge < -0.3 is 19.9 Å². The maximum Gasteiger partial charge on any atom is 0.255 e. The first-order chi connectivity index (χ1) is 13.2. The van der Waals surface area contributed by atoms with Gasteiger partial charge in [-0.1, -0.05) is 17.7 Å². The molecule has 0 atom stereocenters. The van der Waals surface area contributed by atoms with Crippen molar-refractivity contribution in [1.29, 1.82) is 0 Å². The summed E-state index contributed by atoms with van der Waals surface area (Å²) in [6, 6.07) is 14.1. The van der Waals surface area contributed by atoms with Crippen LogP contribution in [0, 0.1) is 6.92 Å². The van der Waals surface area contributed by atoms with E-state index in [0.717, 1.165) is 56.3 Å². The fraction of sp³-hybridized carbons (Fsp3) is 0.409. The highest BCUT2D eigenvalue weighted by atomic mass is 16.5. The largest absolute Gasteiger partial charge is 0.378 e. The van der Waals surface area contributed by atoms with Crippen molar-refractivity contribution in [2.24, 2.45) is 0 Å². The second-order valence-corrected chi connectivity index (χ2v) is 7.32. The quantitative estimate of drug-likeness (QED) is 0.898. The van der Waals surface area contributed by atoms with Crippen molar-refractivity contribution in [3.63, 3.8) is 0 Å². The third kappa shape index (κ3) is 4.08. The van der Waals surface area contributed by atoms with Crippen LogP contribution in [-0.4, -0.2) is 45.3 Å². The second kappa shape index (κ2) is 8.01. The van der Waals surface area contributed by atoms with Gasteiger partial charge in [-0.15, -0.1) is 0 Å². The maximum atomic E-state index is 12.8. The topological polar surface area (TPSA) is 44.8 Å². The molecule has 27 heavy (non-hydrogen) atoms. The number of anilines is 3. The fourth-order valence-electron chi connectivity index (χ4n) is 3.78. The van der Waals surface area contributed by atoms with E-state index >= 15 is 0 Å². The highest BCUT2D eigenvalue weighted by molar-refractivity contribution is 6.06. The van der Waals surface area contributed by atoms with E-state index in [-0.39, 0.29) is 5.91 Å². The van der Waals surface area contributed by atoms with Gasteiger partial charge in [-0.2, -0.15) is 0 Å². The average Bonchev–Trinajstić information content (AvgIpc) is 3.24. The molecular weight excluding hydrogens is 338 g/mol. The molecule has 0 unspecified atom stereocenters. The van der Waals surface area contributed by atoms with Gasteiger partial charge >= 0.3 is 0 Å². The molecule has 0 radical (unpaired) electrons. The summed E-state index contributed by atoms with van der Waals surface area (Å²) in [6.07, 6.45) is 2.46. The van der Waals surface area contributed by atoms with Crippen LogP contribution in [-0.2, 0) is 4.74 Å². The second-order valence-electron chi connectivity index (χ2n) is 7.32. The number of carbonyl (C=O) groups excluding carboxylic acids is 1. The minimum absolute atomic E-state index is 0.0666. The van der Waals surface area contributed by atoms with Crippen molar-refractivity contribution in [3.05, 3.63) is 53.6 Å². The van der Waals surface area contributed by atoms with Crippen molar-refractivity contribution >= 4 is 23.0 Å². The smallest absolute Gasteiger partial charge is 0.255 e. The monoisotopic (exact) mass is 365 g/mol. The minimum Gasteiger partial charge on any atom is -0.378 e. The van der Waals surface area contributed by atoms with Gasteiger partial charge in [0.05, 0.1) is 24.6 Å². The van der Waals surface area contributed by atoms with Gasteiger partial charge in [0, 0.05) is 37.4 Å². The van der Waals surface area contributed by atoms with Crippen LogP contribution in [0.4, 0.5) is 17.1 Å². The molecule has 2 heterocycles. The first-order valence-electron chi connectivity index (χ1n) is 9.80. The number of ether oxygens (including phenoxy) is 1. The molecule has 2 aliphatic rings. The number of nitrogens with zero attached hydrogens (tertiary/aromatic N) is 2. The molecule has 2 aromatic rings. The van der Waals surface area contributed by atoms with Crippen LogP contribution in [0.2, 0.25) is 0 Å². The van der Waals surface area contributed by atoms with Gasteiger partial charge in [0.25, 0.3) is 5.91 Å². The first kappa shape index (κ1) is 17.9. The van der Waals surface area contributed by atoms with E-state index in [4.69, 9.17) is 4.74 Å². The number of aryl methyl sites for hydroxylation is 1. The van der Waals surface area contributed by atoms with E-state index < -0.39 is 0 Å². The Balaban J connectivity index is 1.62. The van der Waals surface area contributed by atoms with Crippen LogP contribution in [0.25, 0.3) is 0 Å². The van der Waals surface area contributed by atoms with Crippen molar-refractivity contribution in [2.75, 3.05) is 54.5 Å². The minimum atomic E-state index is -0.0666. The highest BCUT2D eigenvalue weighted by Crippen LogP contribution is 2.33. The molecule has 2 saturated heterocycles. The van der Waals surface area contributed by atoms with Crippen molar-refractivity contribution in [2.45, 2.75) is 19.8 Å². The molecule has 0 aromatic heterocycles. The number of carbonyl (C=O) groups is 1. The Morgan fingerprint density at radius 3 is 2.33 bits per heavy atom. The van der Waals surface area contributed by atoms with E-state index in [1.165, 1.54) is 18.5 Å². The zero-order valence-electron chi connectivity index (χ0n) is 15.9. The van der Waals surface area contributed by atoms with Crippen molar-refractivity contribution in [3.8, 4) is 0 Å². The van der Waals surface area contributed by atoms with Crippen LogP contribution in [0.15, 0.2) is 42.5 Å². The summed E-state index contributed by atoms with van der Waals surface area (Å²) in [5.41, 5.74) is 4.97. The third-order valence-corrected chi connectivity index (χ3v) is 5.37. The number of amides is 1. The normalized spacial score (nSPS) is 17.2. The van der Waals surface area contributed by atoms with Crippen LogP contribution in [0.1, 0.15) is 28.8 Å². The van der Waals surface area contributed by atoms with Crippen molar-refractivity contribution < 1.29 is 9.53 Å². The van der Waals surface area contributed by atoms with Crippen LogP contribution in [0.3, 0.4) is 0 Å². The molecule has 5 heteroatoms. The highest BCUT2D eigenvalue weighted by Gasteiger charge is 2.20. The van der Waals surface area contributed by atoms with Crippen LogP contribution < -0.4 is 15.1 Å². The molecule has 0 spiro atoms. The predicted octanol–water partition coefficient (Wildman–Crippen LogP) is 3.68. The summed E-state index contributed by atoms with van der Waals surface area (Å²) in [5.74, 6) is -0.0666.